The fraction of sp³-hybridized carbons (Fsp3) is 0.412. The summed E-state index contributed by atoms with van der Waals surface area (Å²) in [6.45, 7) is 3.84. The number of carboxylic acid groups (broad SMARTS) is 1. The van der Waals surface area contributed by atoms with E-state index in [9.17, 15) is 14.7 Å². The highest BCUT2D eigenvalue weighted by atomic mass is 16.5. The van der Waals surface area contributed by atoms with Gasteiger partial charge in [-0.3, -0.25) is 4.79 Å². The summed E-state index contributed by atoms with van der Waals surface area (Å²) in [6, 6.07) is 6.38. The molecule has 1 aromatic heterocycles. The lowest BCUT2D eigenvalue weighted by molar-refractivity contribution is -0.139. The number of carbonyl (C=O) groups excluding carboxylic acids is 1. The predicted octanol–water partition coefficient (Wildman–Crippen LogP) is 2.42. The molecule has 0 radical (unpaired) electrons. The van der Waals surface area contributed by atoms with Crippen LogP contribution in [0.25, 0.3) is 10.9 Å². The molecule has 0 bridgehead atoms. The predicted molar refractivity (Wildman–Crippen MR) is 87.8 cm³/mol. The van der Waals surface area contributed by atoms with Gasteiger partial charge in [-0.05, 0) is 36.6 Å². The van der Waals surface area contributed by atoms with Crippen molar-refractivity contribution in [3.8, 4) is 5.75 Å². The minimum atomic E-state index is -1.02. The maximum atomic E-state index is 12.5. The number of nitrogens with one attached hydrogen (secondary N) is 1. The van der Waals surface area contributed by atoms with Gasteiger partial charge in [0.05, 0.1) is 7.11 Å². The summed E-state index contributed by atoms with van der Waals surface area (Å²) >= 11 is 0. The van der Waals surface area contributed by atoms with Crippen LogP contribution in [0.15, 0.2) is 24.3 Å². The average Bonchev–Trinajstić information content (AvgIpc) is 2.82. The third-order valence-electron chi connectivity index (χ3n) is 3.79. The van der Waals surface area contributed by atoms with Crippen LogP contribution in [0.4, 0.5) is 0 Å². The van der Waals surface area contributed by atoms with Crippen molar-refractivity contribution in [2.45, 2.75) is 26.3 Å². The van der Waals surface area contributed by atoms with Crippen molar-refractivity contribution < 1.29 is 19.4 Å². The van der Waals surface area contributed by atoms with Crippen LogP contribution in [0.3, 0.4) is 0 Å². The Bertz CT molecular complexity index is 734. The molecule has 0 saturated carbocycles. The van der Waals surface area contributed by atoms with Gasteiger partial charge >= 0.3 is 5.97 Å². The highest BCUT2D eigenvalue weighted by Gasteiger charge is 2.23. The van der Waals surface area contributed by atoms with Crippen LogP contribution in [0.5, 0.6) is 5.75 Å². The Morgan fingerprint density at radius 3 is 2.57 bits per heavy atom. The van der Waals surface area contributed by atoms with E-state index >= 15 is 0 Å². The number of aliphatic carboxylic acids is 1. The summed E-state index contributed by atoms with van der Waals surface area (Å²) in [6.07, 6.45) is 0.388. The first-order valence-corrected chi connectivity index (χ1v) is 7.50. The molecule has 0 saturated heterocycles. The molecule has 0 aliphatic rings. The second-order valence-corrected chi connectivity index (χ2v) is 6.01. The monoisotopic (exact) mass is 318 g/mol. The van der Waals surface area contributed by atoms with Gasteiger partial charge in [0, 0.05) is 18.0 Å². The van der Waals surface area contributed by atoms with E-state index in [2.05, 4.69) is 5.32 Å². The number of ether oxygens (including phenoxy) is 1. The Morgan fingerprint density at radius 1 is 1.30 bits per heavy atom. The molecule has 1 atom stereocenters. The fourth-order valence-electron chi connectivity index (χ4n) is 2.60. The Kier molecular flexibility index (Phi) is 4.93. The normalized spacial score (nSPS) is 12.4. The molecule has 2 N–H and O–H groups in total. The van der Waals surface area contributed by atoms with Gasteiger partial charge in [0.2, 0.25) is 0 Å². The zero-order valence-electron chi connectivity index (χ0n) is 13.8. The van der Waals surface area contributed by atoms with Crippen LogP contribution < -0.4 is 10.1 Å². The lowest BCUT2D eigenvalue weighted by Gasteiger charge is -2.16. The maximum Gasteiger partial charge on any atom is 0.326 e. The van der Waals surface area contributed by atoms with Crippen LogP contribution in [-0.4, -0.2) is 34.7 Å². The molecule has 6 nitrogen and oxygen atoms in total. The molecule has 1 amide bonds. The van der Waals surface area contributed by atoms with E-state index in [4.69, 9.17) is 4.74 Å². The van der Waals surface area contributed by atoms with E-state index in [1.807, 2.05) is 32.0 Å². The Labute approximate surface area is 135 Å². The van der Waals surface area contributed by atoms with Crippen molar-refractivity contribution in [3.05, 3.63) is 30.0 Å². The minimum absolute atomic E-state index is 0.174. The van der Waals surface area contributed by atoms with E-state index in [0.29, 0.717) is 17.9 Å². The van der Waals surface area contributed by atoms with Gasteiger partial charge in [-0.25, -0.2) is 4.79 Å². The summed E-state index contributed by atoms with van der Waals surface area (Å²) in [5, 5.41) is 12.7. The fourth-order valence-corrected chi connectivity index (χ4v) is 2.60. The molecule has 0 aliphatic carbocycles. The molecule has 0 spiro atoms. The molecule has 124 valence electrons. The van der Waals surface area contributed by atoms with Gasteiger partial charge in [0.15, 0.2) is 0 Å². The third kappa shape index (κ3) is 3.64. The van der Waals surface area contributed by atoms with Gasteiger partial charge in [-0.1, -0.05) is 13.8 Å². The number of rotatable bonds is 6. The van der Waals surface area contributed by atoms with E-state index in [1.165, 1.54) is 0 Å². The van der Waals surface area contributed by atoms with Crippen molar-refractivity contribution >= 4 is 22.8 Å². The number of amides is 1. The Hall–Kier alpha value is -2.50. The molecule has 1 heterocycles. The van der Waals surface area contributed by atoms with Crippen molar-refractivity contribution in [3.63, 3.8) is 0 Å². The van der Waals surface area contributed by atoms with Gasteiger partial charge in [0.1, 0.15) is 17.5 Å². The molecule has 2 aromatic rings. The Morgan fingerprint density at radius 2 is 2.00 bits per heavy atom. The van der Waals surface area contributed by atoms with Crippen LogP contribution >= 0.6 is 0 Å². The largest absolute Gasteiger partial charge is 0.497 e. The highest BCUT2D eigenvalue weighted by molar-refractivity contribution is 6.00. The van der Waals surface area contributed by atoms with Gasteiger partial charge in [-0.15, -0.1) is 0 Å². The first kappa shape index (κ1) is 16.9. The lowest BCUT2D eigenvalue weighted by atomic mass is 10.0. The number of hydrogen-bond acceptors (Lipinski definition) is 3. The number of aromatic nitrogens is 1. The quantitative estimate of drug-likeness (QED) is 0.857. The highest BCUT2D eigenvalue weighted by Crippen LogP contribution is 2.24. The first-order chi connectivity index (χ1) is 10.8. The summed E-state index contributed by atoms with van der Waals surface area (Å²) in [7, 11) is 3.36. The molecular weight excluding hydrogens is 296 g/mol. The van der Waals surface area contributed by atoms with Crippen LogP contribution in [0.1, 0.15) is 30.8 Å². The summed E-state index contributed by atoms with van der Waals surface area (Å²) in [5.74, 6) is -0.533. The minimum Gasteiger partial charge on any atom is -0.497 e. The summed E-state index contributed by atoms with van der Waals surface area (Å²) in [4.78, 5) is 23.8. The number of nitrogens with zero attached hydrogens (tertiary/aromatic N) is 1. The van der Waals surface area contributed by atoms with E-state index < -0.39 is 17.9 Å². The molecule has 6 heteroatoms. The second kappa shape index (κ2) is 6.73. The van der Waals surface area contributed by atoms with Gasteiger partial charge in [0.25, 0.3) is 5.91 Å². The zero-order chi connectivity index (χ0) is 17.1. The molecule has 0 fully saturated rings. The number of fused-ring (bicyclic) bond motifs is 1. The average molecular weight is 318 g/mol. The summed E-state index contributed by atoms with van der Waals surface area (Å²) in [5.41, 5.74) is 1.30. The number of benzene rings is 1. The molecule has 1 aromatic carbocycles. The second-order valence-electron chi connectivity index (χ2n) is 6.01. The molecular formula is C17H22N2O4. The zero-order valence-corrected chi connectivity index (χ0v) is 13.8. The lowest BCUT2D eigenvalue weighted by Crippen LogP contribution is -2.42. The number of hydrogen-bond donors (Lipinski definition) is 2. The smallest absolute Gasteiger partial charge is 0.326 e. The number of carbonyl (C=O) groups is 2. The number of carboxylic acids is 1. The van der Waals surface area contributed by atoms with E-state index in [0.717, 1.165) is 10.9 Å². The standard InChI is InChI=1S/C17H22N2O4/c1-10(2)7-13(17(21)22)18-16(20)15-9-11-8-12(23-4)5-6-14(11)19(15)3/h5-6,8-10,13H,7H2,1-4H3,(H,18,20)(H,21,22). The molecule has 23 heavy (non-hydrogen) atoms. The van der Waals surface area contributed by atoms with Gasteiger partial charge in [-0.2, -0.15) is 0 Å². The SMILES string of the molecule is COc1ccc2c(c1)cc(C(=O)NC(CC(C)C)C(=O)O)n2C. The molecule has 0 aliphatic heterocycles. The number of aryl methyl sites for hydroxylation is 1. The van der Waals surface area contributed by atoms with Crippen molar-refractivity contribution in [1.82, 2.24) is 9.88 Å². The van der Waals surface area contributed by atoms with E-state index in [-0.39, 0.29) is 5.92 Å². The Balaban J connectivity index is 2.29. The molecule has 2 rings (SSSR count). The first-order valence-electron chi connectivity index (χ1n) is 7.50. The van der Waals surface area contributed by atoms with Crippen LogP contribution in [0.2, 0.25) is 0 Å². The third-order valence-corrected chi connectivity index (χ3v) is 3.79. The summed E-state index contributed by atoms with van der Waals surface area (Å²) < 4.78 is 6.93. The molecule has 1 unspecified atom stereocenters. The maximum absolute atomic E-state index is 12.5. The van der Waals surface area contributed by atoms with Crippen molar-refractivity contribution in [2.24, 2.45) is 13.0 Å². The van der Waals surface area contributed by atoms with Crippen molar-refractivity contribution in [2.75, 3.05) is 7.11 Å². The van der Waals surface area contributed by atoms with Crippen molar-refractivity contribution in [1.29, 1.82) is 0 Å². The van der Waals surface area contributed by atoms with Gasteiger partial charge < -0.3 is 19.7 Å². The topological polar surface area (TPSA) is 80.6 Å². The van der Waals surface area contributed by atoms with Crippen LogP contribution in [-0.2, 0) is 11.8 Å². The van der Waals surface area contributed by atoms with Crippen LogP contribution in [0, 0.1) is 5.92 Å². The van der Waals surface area contributed by atoms with E-state index in [1.54, 1.807) is 24.8 Å². The number of methoxy groups -OCH3 is 1.